The molecule has 0 saturated carbocycles. The number of piperidine rings is 1. The van der Waals surface area contributed by atoms with E-state index in [0.717, 1.165) is 26.2 Å². The predicted molar refractivity (Wildman–Crippen MR) is 76.7 cm³/mol. The number of hydrogen-bond donors (Lipinski definition) is 3. The van der Waals surface area contributed by atoms with Crippen LogP contribution in [0.4, 0.5) is 0 Å². The molecule has 2 saturated heterocycles. The van der Waals surface area contributed by atoms with Crippen LogP contribution in [0.1, 0.15) is 19.3 Å². The second-order valence-electron chi connectivity index (χ2n) is 4.34. The number of rotatable bonds is 0. The van der Waals surface area contributed by atoms with E-state index >= 15 is 0 Å². The van der Waals surface area contributed by atoms with Crippen LogP contribution in [0.2, 0.25) is 0 Å². The fraction of sp³-hybridized carbons (Fsp3) is 0.643. The molecule has 0 radical (unpaired) electrons. The zero-order valence-corrected chi connectivity index (χ0v) is 11.2. The molecule has 2 aliphatic heterocycles. The molecular weight excluding hydrogens is 224 g/mol. The molecule has 3 N–H and O–H groups in total. The molecule has 4 nitrogen and oxygen atoms in total. The lowest BCUT2D eigenvalue weighted by Crippen LogP contribution is -2.39. The number of piperazine rings is 1. The minimum Gasteiger partial charge on any atom is -0.317 e. The van der Waals surface area contributed by atoms with E-state index in [4.69, 9.17) is 0 Å². The van der Waals surface area contributed by atoms with E-state index in [1.165, 1.54) is 32.4 Å². The van der Waals surface area contributed by atoms with E-state index in [1.54, 1.807) is 12.4 Å². The molecule has 3 rings (SSSR count). The smallest absolute Gasteiger partial charge is 0.0267 e. The Morgan fingerprint density at radius 2 is 1.06 bits per heavy atom. The zero-order chi connectivity index (χ0) is 12.7. The van der Waals surface area contributed by atoms with Gasteiger partial charge in [-0.05, 0) is 38.1 Å². The van der Waals surface area contributed by atoms with Crippen molar-refractivity contribution in [3.05, 3.63) is 30.6 Å². The van der Waals surface area contributed by atoms with Gasteiger partial charge in [-0.15, -0.1) is 0 Å². The molecule has 0 amide bonds. The van der Waals surface area contributed by atoms with Crippen LogP contribution in [0.25, 0.3) is 0 Å². The zero-order valence-electron chi connectivity index (χ0n) is 11.2. The summed E-state index contributed by atoms with van der Waals surface area (Å²) in [5.74, 6) is 0. The van der Waals surface area contributed by atoms with Crippen LogP contribution in [0, 0.1) is 0 Å². The Bertz CT molecular complexity index is 184. The molecule has 3 heterocycles. The van der Waals surface area contributed by atoms with Crippen molar-refractivity contribution in [3.8, 4) is 0 Å². The van der Waals surface area contributed by atoms with Crippen molar-refractivity contribution >= 4 is 0 Å². The summed E-state index contributed by atoms with van der Waals surface area (Å²) in [6.45, 7) is 7.06. The fourth-order valence-electron chi connectivity index (χ4n) is 1.72. The van der Waals surface area contributed by atoms with Crippen LogP contribution in [-0.2, 0) is 0 Å². The van der Waals surface area contributed by atoms with Gasteiger partial charge in [0.05, 0.1) is 0 Å². The normalized spacial score (nSPS) is 18.7. The lowest BCUT2D eigenvalue weighted by molar-refractivity contribution is 0.520. The highest BCUT2D eigenvalue weighted by molar-refractivity contribution is 4.88. The molecule has 0 atom stereocenters. The Balaban J connectivity index is 0.000000135. The molecular formula is C14H26N4. The van der Waals surface area contributed by atoms with Crippen LogP contribution >= 0.6 is 0 Å². The van der Waals surface area contributed by atoms with Gasteiger partial charge in [-0.1, -0.05) is 12.5 Å². The topological polar surface area (TPSA) is 49.0 Å². The molecule has 4 heteroatoms. The van der Waals surface area contributed by atoms with Crippen LogP contribution in [0.3, 0.4) is 0 Å². The average Bonchev–Trinajstić information content (AvgIpc) is 2.54. The second kappa shape index (κ2) is 12.5. The van der Waals surface area contributed by atoms with Crippen LogP contribution in [0.15, 0.2) is 30.6 Å². The first-order valence-electron chi connectivity index (χ1n) is 6.97. The summed E-state index contributed by atoms with van der Waals surface area (Å²) in [6.07, 6.45) is 7.72. The minimum absolute atomic E-state index is 1.14. The van der Waals surface area contributed by atoms with Crippen molar-refractivity contribution in [1.82, 2.24) is 20.9 Å². The number of hydrogen-bond acceptors (Lipinski definition) is 4. The first kappa shape index (κ1) is 15.1. The van der Waals surface area contributed by atoms with Gasteiger partial charge in [-0.3, -0.25) is 4.98 Å². The van der Waals surface area contributed by atoms with E-state index in [-0.39, 0.29) is 0 Å². The summed E-state index contributed by atoms with van der Waals surface area (Å²) in [4.78, 5) is 3.78. The lowest BCUT2D eigenvalue weighted by atomic mass is 10.2. The fourth-order valence-corrected chi connectivity index (χ4v) is 1.72. The Labute approximate surface area is 111 Å². The van der Waals surface area contributed by atoms with Crippen LogP contribution in [0.5, 0.6) is 0 Å². The first-order valence-corrected chi connectivity index (χ1v) is 6.97. The summed E-state index contributed by atoms with van der Waals surface area (Å²) in [5.41, 5.74) is 0. The molecule has 1 aromatic heterocycles. The maximum atomic E-state index is 3.78. The largest absolute Gasteiger partial charge is 0.317 e. The van der Waals surface area contributed by atoms with Crippen molar-refractivity contribution in [2.75, 3.05) is 39.3 Å². The third-order valence-corrected chi connectivity index (χ3v) is 2.73. The molecule has 0 bridgehead atoms. The van der Waals surface area contributed by atoms with Crippen molar-refractivity contribution < 1.29 is 0 Å². The van der Waals surface area contributed by atoms with Gasteiger partial charge in [-0.2, -0.15) is 0 Å². The molecule has 0 unspecified atom stereocenters. The monoisotopic (exact) mass is 250 g/mol. The molecule has 2 fully saturated rings. The minimum atomic E-state index is 1.14. The first-order chi connectivity index (χ1) is 9.00. The van der Waals surface area contributed by atoms with Gasteiger partial charge in [0.2, 0.25) is 0 Å². The highest BCUT2D eigenvalue weighted by Gasteiger charge is 1.93. The number of nitrogens with zero attached hydrogens (tertiary/aromatic N) is 1. The molecule has 1 aromatic rings. The van der Waals surface area contributed by atoms with Gasteiger partial charge in [0.1, 0.15) is 0 Å². The third-order valence-electron chi connectivity index (χ3n) is 2.73. The van der Waals surface area contributed by atoms with Gasteiger partial charge >= 0.3 is 0 Å². The molecule has 0 aromatic carbocycles. The Kier molecular flexibility index (Phi) is 10.5. The quantitative estimate of drug-likeness (QED) is 0.643. The SMILES string of the molecule is C1CCNCC1.C1CNCCN1.c1ccncc1. The molecule has 18 heavy (non-hydrogen) atoms. The van der Waals surface area contributed by atoms with E-state index in [1.807, 2.05) is 18.2 Å². The van der Waals surface area contributed by atoms with Gasteiger partial charge in [0.25, 0.3) is 0 Å². The Morgan fingerprint density at radius 1 is 0.556 bits per heavy atom. The van der Waals surface area contributed by atoms with Gasteiger partial charge in [-0.25, -0.2) is 0 Å². The summed E-state index contributed by atoms with van der Waals surface area (Å²) < 4.78 is 0. The highest BCUT2D eigenvalue weighted by Crippen LogP contribution is 1.96. The van der Waals surface area contributed by atoms with Crippen molar-refractivity contribution in [2.24, 2.45) is 0 Å². The molecule has 0 spiro atoms. The van der Waals surface area contributed by atoms with Crippen molar-refractivity contribution in [3.63, 3.8) is 0 Å². The van der Waals surface area contributed by atoms with Crippen molar-refractivity contribution in [1.29, 1.82) is 0 Å². The predicted octanol–water partition coefficient (Wildman–Crippen LogP) is 1.02. The van der Waals surface area contributed by atoms with Gasteiger partial charge in [0.15, 0.2) is 0 Å². The highest BCUT2D eigenvalue weighted by atomic mass is 15.0. The van der Waals surface area contributed by atoms with E-state index < -0.39 is 0 Å². The standard InChI is InChI=1S/C5H11N.C5H5N.C4H10N2/c2*1-2-4-6-5-3-1;1-2-6-4-3-5-1/h6H,1-5H2;1-5H;5-6H,1-4H2. The van der Waals surface area contributed by atoms with Crippen LogP contribution < -0.4 is 16.0 Å². The van der Waals surface area contributed by atoms with E-state index in [0.29, 0.717) is 0 Å². The number of pyridine rings is 1. The Morgan fingerprint density at radius 3 is 1.22 bits per heavy atom. The summed E-state index contributed by atoms with van der Waals surface area (Å²) in [6, 6.07) is 5.72. The third kappa shape index (κ3) is 10.2. The van der Waals surface area contributed by atoms with Gasteiger partial charge < -0.3 is 16.0 Å². The molecule has 2 aliphatic rings. The second-order valence-corrected chi connectivity index (χ2v) is 4.34. The number of nitrogens with one attached hydrogen (secondary N) is 3. The summed E-state index contributed by atoms with van der Waals surface area (Å²) >= 11 is 0. The maximum absolute atomic E-state index is 3.78. The maximum Gasteiger partial charge on any atom is 0.0267 e. The summed E-state index contributed by atoms with van der Waals surface area (Å²) in [5, 5.41) is 9.73. The molecule has 0 aliphatic carbocycles. The summed E-state index contributed by atoms with van der Waals surface area (Å²) in [7, 11) is 0. The van der Waals surface area contributed by atoms with Gasteiger partial charge in [0, 0.05) is 38.6 Å². The average molecular weight is 250 g/mol. The van der Waals surface area contributed by atoms with Crippen LogP contribution in [-0.4, -0.2) is 44.3 Å². The van der Waals surface area contributed by atoms with E-state index in [9.17, 15) is 0 Å². The number of aromatic nitrogens is 1. The van der Waals surface area contributed by atoms with Crippen molar-refractivity contribution in [2.45, 2.75) is 19.3 Å². The Hall–Kier alpha value is -0.970. The van der Waals surface area contributed by atoms with E-state index in [2.05, 4.69) is 20.9 Å². The lowest BCUT2D eigenvalue weighted by Gasteiger charge is -2.11. The molecule has 102 valence electrons.